The lowest BCUT2D eigenvalue weighted by Crippen LogP contribution is -2.27. The Hall–Kier alpha value is -3.79. The summed E-state index contributed by atoms with van der Waals surface area (Å²) in [6, 6.07) is 17.5. The molecule has 3 aromatic rings. The Morgan fingerprint density at radius 1 is 1.04 bits per heavy atom. The minimum absolute atomic E-state index is 0.0950. The second kappa shape index (κ2) is 8.06. The maximum absolute atomic E-state index is 11.9. The number of nitrogens with zero attached hydrogens (tertiary/aromatic N) is 1. The van der Waals surface area contributed by atoms with Crippen LogP contribution in [-0.4, -0.2) is 27.5 Å². The van der Waals surface area contributed by atoms with Crippen molar-refractivity contribution >= 4 is 5.91 Å². The molecule has 0 fully saturated rings. The monoisotopic (exact) mass is 362 g/mol. The first-order chi connectivity index (χ1) is 13.0. The van der Waals surface area contributed by atoms with Crippen molar-refractivity contribution in [3.63, 3.8) is 0 Å². The van der Waals surface area contributed by atoms with Gasteiger partial charge in [-0.05, 0) is 35.2 Å². The van der Waals surface area contributed by atoms with E-state index in [-0.39, 0.29) is 23.9 Å². The van der Waals surface area contributed by atoms with Crippen molar-refractivity contribution in [1.82, 2.24) is 15.3 Å². The van der Waals surface area contributed by atoms with Gasteiger partial charge in [0.1, 0.15) is 0 Å². The smallest absolute Gasteiger partial charge is 0.325 e. The molecule has 0 unspecified atom stereocenters. The molecule has 1 heterocycles. The summed E-state index contributed by atoms with van der Waals surface area (Å²) in [5.74, 6) is -0.594. The van der Waals surface area contributed by atoms with E-state index in [2.05, 4.69) is 21.4 Å². The largest absolute Gasteiger partial charge is 0.493 e. The molecule has 0 aliphatic heterocycles. The molecule has 0 saturated heterocycles. The number of carbonyl (C=O) groups excluding carboxylic acids is 1. The van der Waals surface area contributed by atoms with E-state index < -0.39 is 5.69 Å². The predicted molar refractivity (Wildman–Crippen MR) is 100 cm³/mol. The molecule has 1 amide bonds. The summed E-state index contributed by atoms with van der Waals surface area (Å²) in [5.41, 5.74) is 3.42. The van der Waals surface area contributed by atoms with E-state index >= 15 is 0 Å². The summed E-state index contributed by atoms with van der Waals surface area (Å²) >= 11 is 0. The van der Waals surface area contributed by atoms with Crippen LogP contribution < -0.4 is 11.0 Å². The number of nitriles is 1. The van der Waals surface area contributed by atoms with Crippen molar-refractivity contribution in [3.05, 3.63) is 75.8 Å². The first kappa shape index (κ1) is 18.0. The van der Waals surface area contributed by atoms with E-state index in [9.17, 15) is 14.7 Å². The number of hydrogen-bond acceptors (Lipinski definition) is 4. The van der Waals surface area contributed by atoms with Gasteiger partial charge in [-0.2, -0.15) is 5.26 Å². The van der Waals surface area contributed by atoms with Crippen LogP contribution in [0.5, 0.6) is 5.88 Å². The van der Waals surface area contributed by atoms with Crippen LogP contribution in [0.2, 0.25) is 0 Å². The number of aromatic nitrogens is 2. The molecule has 0 atom stereocenters. The van der Waals surface area contributed by atoms with Crippen LogP contribution in [0.1, 0.15) is 16.8 Å². The molecule has 4 N–H and O–H groups in total. The highest BCUT2D eigenvalue weighted by Crippen LogP contribution is 2.20. The Balaban J connectivity index is 1.51. The van der Waals surface area contributed by atoms with Crippen molar-refractivity contribution in [2.75, 3.05) is 6.54 Å². The normalized spacial score (nSPS) is 10.3. The molecule has 0 aliphatic rings. The summed E-state index contributed by atoms with van der Waals surface area (Å²) < 4.78 is 0. The lowest BCUT2D eigenvalue weighted by atomic mass is 10.0. The fourth-order valence-electron chi connectivity index (χ4n) is 2.71. The summed E-state index contributed by atoms with van der Waals surface area (Å²) in [4.78, 5) is 27.5. The lowest BCUT2D eigenvalue weighted by Gasteiger charge is -2.07. The van der Waals surface area contributed by atoms with Gasteiger partial charge in [0.25, 0.3) is 0 Å². The van der Waals surface area contributed by atoms with Crippen molar-refractivity contribution < 1.29 is 9.90 Å². The fraction of sp³-hybridized carbons (Fsp3) is 0.150. The Labute approximate surface area is 155 Å². The zero-order chi connectivity index (χ0) is 19.2. The quantitative estimate of drug-likeness (QED) is 0.534. The van der Waals surface area contributed by atoms with Crippen molar-refractivity contribution in [2.24, 2.45) is 0 Å². The molecule has 2 aromatic carbocycles. The third kappa shape index (κ3) is 4.64. The molecule has 136 valence electrons. The average Bonchev–Trinajstić information content (AvgIpc) is 2.99. The van der Waals surface area contributed by atoms with Gasteiger partial charge < -0.3 is 15.4 Å². The lowest BCUT2D eigenvalue weighted by molar-refractivity contribution is -0.120. The van der Waals surface area contributed by atoms with Gasteiger partial charge in [0.2, 0.25) is 11.8 Å². The zero-order valence-electron chi connectivity index (χ0n) is 14.5. The van der Waals surface area contributed by atoms with Crippen molar-refractivity contribution in [1.29, 1.82) is 5.26 Å². The van der Waals surface area contributed by atoms with E-state index in [1.807, 2.05) is 36.4 Å². The topological polar surface area (TPSA) is 122 Å². The third-order valence-electron chi connectivity index (χ3n) is 4.16. The zero-order valence-corrected chi connectivity index (χ0v) is 14.5. The highest BCUT2D eigenvalue weighted by Gasteiger charge is 2.10. The SMILES string of the molecule is N#Cc1ccc(-c2ccc(CCNC(=O)Cc3[nH]c(=O)[nH]c3O)cc2)cc1. The summed E-state index contributed by atoms with van der Waals surface area (Å²) in [6.07, 6.45) is 0.567. The fourth-order valence-corrected chi connectivity index (χ4v) is 2.71. The summed E-state index contributed by atoms with van der Waals surface area (Å²) in [7, 11) is 0. The number of rotatable bonds is 6. The van der Waals surface area contributed by atoms with E-state index in [4.69, 9.17) is 5.26 Å². The number of aromatic hydroxyl groups is 1. The highest BCUT2D eigenvalue weighted by molar-refractivity contribution is 5.78. The number of H-pyrrole nitrogens is 2. The van der Waals surface area contributed by atoms with Crippen LogP contribution in [0, 0.1) is 11.3 Å². The van der Waals surface area contributed by atoms with Crippen LogP contribution in [0.4, 0.5) is 0 Å². The van der Waals surface area contributed by atoms with Gasteiger partial charge in [-0.3, -0.25) is 9.78 Å². The third-order valence-corrected chi connectivity index (χ3v) is 4.16. The van der Waals surface area contributed by atoms with Gasteiger partial charge in [-0.15, -0.1) is 0 Å². The molecule has 0 bridgehead atoms. The van der Waals surface area contributed by atoms with Crippen LogP contribution in [0.3, 0.4) is 0 Å². The van der Waals surface area contributed by atoms with Gasteiger partial charge in [-0.1, -0.05) is 36.4 Å². The molecular weight excluding hydrogens is 344 g/mol. The van der Waals surface area contributed by atoms with Crippen molar-refractivity contribution in [2.45, 2.75) is 12.8 Å². The molecule has 0 radical (unpaired) electrons. The first-order valence-electron chi connectivity index (χ1n) is 8.41. The minimum atomic E-state index is -0.544. The predicted octanol–water partition coefficient (Wildman–Crippen LogP) is 1.85. The van der Waals surface area contributed by atoms with Crippen LogP contribution in [0.15, 0.2) is 53.3 Å². The number of imidazole rings is 1. The maximum Gasteiger partial charge on any atom is 0.325 e. The Kier molecular flexibility index (Phi) is 5.38. The number of hydrogen-bond donors (Lipinski definition) is 4. The second-order valence-corrected chi connectivity index (χ2v) is 6.07. The first-order valence-corrected chi connectivity index (χ1v) is 8.41. The number of aromatic amines is 2. The standard InChI is InChI=1S/C20H18N4O3/c21-12-14-3-7-16(8-4-14)15-5-1-13(2-6-15)9-10-22-18(25)11-17-19(26)24-20(27)23-17/h1-8,26H,9-11H2,(H,22,25)(H2,23,24,27). The van der Waals surface area contributed by atoms with Gasteiger partial charge in [0, 0.05) is 6.54 Å². The van der Waals surface area contributed by atoms with Crippen LogP contribution in [-0.2, 0) is 17.6 Å². The van der Waals surface area contributed by atoms with Gasteiger partial charge in [0.05, 0.1) is 23.7 Å². The van der Waals surface area contributed by atoms with E-state index in [1.165, 1.54) is 0 Å². The number of carbonyl (C=O) groups is 1. The van der Waals surface area contributed by atoms with Gasteiger partial charge in [0.15, 0.2) is 0 Å². The minimum Gasteiger partial charge on any atom is -0.493 e. The Morgan fingerprint density at radius 3 is 2.22 bits per heavy atom. The van der Waals surface area contributed by atoms with Crippen LogP contribution in [0.25, 0.3) is 11.1 Å². The molecule has 7 nitrogen and oxygen atoms in total. The molecule has 7 heteroatoms. The molecule has 27 heavy (non-hydrogen) atoms. The van der Waals surface area contributed by atoms with Crippen LogP contribution >= 0.6 is 0 Å². The number of nitrogens with one attached hydrogen (secondary N) is 3. The Bertz CT molecular complexity index is 1020. The molecule has 0 aliphatic carbocycles. The Morgan fingerprint density at radius 2 is 1.67 bits per heavy atom. The number of amides is 1. The average molecular weight is 362 g/mol. The molecule has 0 saturated carbocycles. The molecule has 3 rings (SSSR count). The number of benzene rings is 2. The highest BCUT2D eigenvalue weighted by atomic mass is 16.3. The van der Waals surface area contributed by atoms with E-state index in [1.54, 1.807) is 12.1 Å². The van der Waals surface area contributed by atoms with Gasteiger partial charge in [-0.25, -0.2) is 4.79 Å². The molecule has 0 spiro atoms. The molecular formula is C20H18N4O3. The van der Waals surface area contributed by atoms with E-state index in [0.717, 1.165) is 16.7 Å². The summed E-state index contributed by atoms with van der Waals surface area (Å²) in [5, 5.41) is 21.1. The second-order valence-electron chi connectivity index (χ2n) is 6.07. The van der Waals surface area contributed by atoms with E-state index in [0.29, 0.717) is 18.5 Å². The summed E-state index contributed by atoms with van der Waals surface area (Å²) in [6.45, 7) is 0.449. The van der Waals surface area contributed by atoms with Crippen molar-refractivity contribution in [3.8, 4) is 23.1 Å². The molecule has 1 aromatic heterocycles. The maximum atomic E-state index is 11.9. The van der Waals surface area contributed by atoms with Gasteiger partial charge >= 0.3 is 5.69 Å².